The first-order valence-electron chi connectivity index (χ1n) is 13.9. The van der Waals surface area contributed by atoms with Crippen LogP contribution in [0.25, 0.3) is 11.3 Å². The fourth-order valence-electron chi connectivity index (χ4n) is 5.77. The Bertz CT molecular complexity index is 1360. The van der Waals surface area contributed by atoms with E-state index in [4.69, 9.17) is 4.74 Å². The highest BCUT2D eigenvalue weighted by Crippen LogP contribution is 2.37. The summed E-state index contributed by atoms with van der Waals surface area (Å²) in [5, 5.41) is 18.0. The molecular formula is C30H37N7O. The molecule has 6 rings (SSSR count). The molecule has 2 aromatic heterocycles. The Morgan fingerprint density at radius 1 is 0.974 bits per heavy atom. The van der Waals surface area contributed by atoms with Crippen LogP contribution in [0, 0.1) is 6.92 Å². The standard InChI is InChI=1S/C30H37N7O/c1-21-6-4-7-27(18-21)38-20-29-32-33-30(35(29)3)25-12-14-26(15-13-25)37-19-28(31-34-37)24-10-8-23(9-11-24)22(2)36-16-5-17-36/h4,6-11,18-19,22,25-26H,5,12-17,20H2,1-3H3/t22-,25-,26-/m1/s1. The highest BCUT2D eigenvalue weighted by atomic mass is 16.5. The molecule has 1 saturated carbocycles. The lowest BCUT2D eigenvalue weighted by Gasteiger charge is -2.36. The van der Waals surface area contributed by atoms with Crippen LogP contribution in [0.15, 0.2) is 54.7 Å². The Morgan fingerprint density at radius 2 is 1.76 bits per heavy atom. The molecule has 1 aliphatic heterocycles. The number of aromatic nitrogens is 6. The van der Waals surface area contributed by atoms with Crippen LogP contribution < -0.4 is 4.74 Å². The topological polar surface area (TPSA) is 73.9 Å². The van der Waals surface area contributed by atoms with Crippen LogP contribution in [0.2, 0.25) is 0 Å². The monoisotopic (exact) mass is 511 g/mol. The third-order valence-electron chi connectivity index (χ3n) is 8.43. The highest BCUT2D eigenvalue weighted by molar-refractivity contribution is 5.58. The van der Waals surface area contributed by atoms with E-state index < -0.39 is 0 Å². The molecule has 2 aromatic carbocycles. The molecule has 8 heteroatoms. The number of nitrogens with zero attached hydrogens (tertiary/aromatic N) is 7. The Morgan fingerprint density at radius 3 is 2.47 bits per heavy atom. The second kappa shape index (κ2) is 10.7. The minimum atomic E-state index is 0.371. The molecule has 0 unspecified atom stereocenters. The maximum Gasteiger partial charge on any atom is 0.170 e. The number of aryl methyl sites for hydroxylation is 1. The molecular weight excluding hydrogens is 474 g/mol. The lowest BCUT2D eigenvalue weighted by Crippen LogP contribution is -2.38. The molecule has 0 radical (unpaired) electrons. The quantitative estimate of drug-likeness (QED) is 0.305. The van der Waals surface area contributed by atoms with Crippen molar-refractivity contribution in [2.24, 2.45) is 7.05 Å². The predicted octanol–water partition coefficient (Wildman–Crippen LogP) is 5.63. The van der Waals surface area contributed by atoms with E-state index in [0.717, 1.165) is 54.3 Å². The fraction of sp³-hybridized carbons (Fsp3) is 0.467. The maximum absolute atomic E-state index is 5.96. The van der Waals surface area contributed by atoms with E-state index in [0.29, 0.717) is 24.6 Å². The van der Waals surface area contributed by atoms with Gasteiger partial charge in [-0.15, -0.1) is 15.3 Å². The van der Waals surface area contributed by atoms with Crippen molar-refractivity contribution in [2.75, 3.05) is 13.1 Å². The van der Waals surface area contributed by atoms with Crippen molar-refractivity contribution in [2.45, 2.75) is 70.6 Å². The van der Waals surface area contributed by atoms with Crippen LogP contribution in [0.5, 0.6) is 5.75 Å². The van der Waals surface area contributed by atoms with Gasteiger partial charge in [-0.2, -0.15) is 0 Å². The zero-order valence-corrected chi connectivity index (χ0v) is 22.6. The lowest BCUT2D eigenvalue weighted by molar-refractivity contribution is 0.128. The van der Waals surface area contributed by atoms with Gasteiger partial charge in [0.1, 0.15) is 23.9 Å². The molecule has 2 aliphatic rings. The van der Waals surface area contributed by atoms with Gasteiger partial charge in [0.25, 0.3) is 0 Å². The summed E-state index contributed by atoms with van der Waals surface area (Å²) < 4.78 is 10.1. The Kier molecular flexibility index (Phi) is 6.98. The van der Waals surface area contributed by atoms with Crippen molar-refractivity contribution in [3.8, 4) is 17.0 Å². The number of rotatable bonds is 8. The molecule has 0 bridgehead atoms. The zero-order valence-electron chi connectivity index (χ0n) is 22.6. The Hall–Kier alpha value is -3.52. The summed E-state index contributed by atoms with van der Waals surface area (Å²) in [5.74, 6) is 3.17. The summed E-state index contributed by atoms with van der Waals surface area (Å²) in [7, 11) is 2.05. The van der Waals surface area contributed by atoms with Crippen LogP contribution in [-0.2, 0) is 13.7 Å². The van der Waals surface area contributed by atoms with E-state index in [1.165, 1.54) is 30.6 Å². The summed E-state index contributed by atoms with van der Waals surface area (Å²) in [6.07, 6.45) is 7.67. The average Bonchev–Trinajstić information content (AvgIpc) is 3.54. The molecule has 8 nitrogen and oxygen atoms in total. The van der Waals surface area contributed by atoms with E-state index in [9.17, 15) is 0 Å². The van der Waals surface area contributed by atoms with Gasteiger partial charge in [0.05, 0.1) is 12.2 Å². The smallest absolute Gasteiger partial charge is 0.170 e. The van der Waals surface area contributed by atoms with E-state index in [2.05, 4.69) is 92.1 Å². The fourth-order valence-corrected chi connectivity index (χ4v) is 5.77. The second-order valence-corrected chi connectivity index (χ2v) is 10.9. The van der Waals surface area contributed by atoms with E-state index in [1.807, 2.05) is 18.2 Å². The van der Waals surface area contributed by atoms with Crippen molar-refractivity contribution < 1.29 is 4.74 Å². The summed E-state index contributed by atoms with van der Waals surface area (Å²) >= 11 is 0. The molecule has 3 heterocycles. The number of hydrogen-bond donors (Lipinski definition) is 0. The molecule has 1 aliphatic carbocycles. The molecule has 38 heavy (non-hydrogen) atoms. The summed E-state index contributed by atoms with van der Waals surface area (Å²) in [6, 6.07) is 17.8. The van der Waals surface area contributed by atoms with E-state index >= 15 is 0 Å². The molecule has 0 spiro atoms. The molecule has 1 saturated heterocycles. The van der Waals surface area contributed by atoms with Crippen LogP contribution in [0.4, 0.5) is 0 Å². The van der Waals surface area contributed by atoms with Gasteiger partial charge in [0.15, 0.2) is 5.82 Å². The molecule has 198 valence electrons. The molecule has 2 fully saturated rings. The van der Waals surface area contributed by atoms with Gasteiger partial charge in [-0.25, -0.2) is 4.68 Å². The van der Waals surface area contributed by atoms with E-state index in [1.54, 1.807) is 0 Å². The first-order chi connectivity index (χ1) is 18.5. The highest BCUT2D eigenvalue weighted by Gasteiger charge is 2.28. The predicted molar refractivity (Wildman–Crippen MR) is 147 cm³/mol. The van der Waals surface area contributed by atoms with E-state index in [-0.39, 0.29) is 0 Å². The van der Waals surface area contributed by atoms with Crippen LogP contribution in [-0.4, -0.2) is 47.7 Å². The van der Waals surface area contributed by atoms with Crippen molar-refractivity contribution in [1.29, 1.82) is 0 Å². The number of hydrogen-bond acceptors (Lipinski definition) is 6. The largest absolute Gasteiger partial charge is 0.486 e. The summed E-state index contributed by atoms with van der Waals surface area (Å²) in [6.45, 7) is 7.19. The zero-order chi connectivity index (χ0) is 26.1. The minimum absolute atomic E-state index is 0.371. The lowest BCUT2D eigenvalue weighted by atomic mass is 9.85. The Labute approximate surface area is 224 Å². The maximum atomic E-state index is 5.96. The third-order valence-corrected chi connectivity index (χ3v) is 8.43. The molecule has 0 N–H and O–H groups in total. The van der Waals surface area contributed by atoms with Crippen molar-refractivity contribution in [1.82, 2.24) is 34.7 Å². The van der Waals surface area contributed by atoms with Gasteiger partial charge in [0.2, 0.25) is 0 Å². The second-order valence-electron chi connectivity index (χ2n) is 10.9. The van der Waals surface area contributed by atoms with Gasteiger partial charge in [-0.05, 0) is 82.3 Å². The first kappa shape index (κ1) is 24.8. The number of ether oxygens (including phenoxy) is 1. The summed E-state index contributed by atoms with van der Waals surface area (Å²) in [5.41, 5.74) is 4.63. The third kappa shape index (κ3) is 5.10. The molecule has 0 amide bonds. The minimum Gasteiger partial charge on any atom is -0.486 e. The van der Waals surface area contributed by atoms with Gasteiger partial charge in [-0.3, -0.25) is 4.90 Å². The van der Waals surface area contributed by atoms with Crippen LogP contribution in [0.3, 0.4) is 0 Å². The van der Waals surface area contributed by atoms with Gasteiger partial charge < -0.3 is 9.30 Å². The van der Waals surface area contributed by atoms with Gasteiger partial charge in [0, 0.05) is 24.6 Å². The molecule has 4 aromatic rings. The number of likely N-dealkylation sites (tertiary alicyclic amines) is 1. The summed E-state index contributed by atoms with van der Waals surface area (Å²) in [4.78, 5) is 2.52. The normalized spacial score (nSPS) is 20.7. The van der Waals surface area contributed by atoms with Gasteiger partial charge in [-0.1, -0.05) is 41.6 Å². The number of benzene rings is 2. The van der Waals surface area contributed by atoms with Crippen molar-refractivity contribution in [3.05, 3.63) is 77.5 Å². The van der Waals surface area contributed by atoms with Crippen molar-refractivity contribution in [3.63, 3.8) is 0 Å². The Balaban J connectivity index is 1.05. The van der Waals surface area contributed by atoms with Crippen molar-refractivity contribution >= 4 is 0 Å². The molecule has 1 atom stereocenters. The van der Waals surface area contributed by atoms with Crippen LogP contribution >= 0.6 is 0 Å². The van der Waals surface area contributed by atoms with Crippen LogP contribution in [0.1, 0.15) is 79.8 Å². The average molecular weight is 512 g/mol. The SMILES string of the molecule is Cc1cccc(OCc2nnc([C@H]3CC[C@H](n4cc(-c5ccc([C@@H](C)N6CCC6)cc5)nn4)CC3)n2C)c1. The first-order valence-corrected chi connectivity index (χ1v) is 13.9. The van der Waals surface area contributed by atoms with Gasteiger partial charge >= 0.3 is 0 Å².